The van der Waals surface area contributed by atoms with Gasteiger partial charge in [0.05, 0.1) is 6.33 Å². The summed E-state index contributed by atoms with van der Waals surface area (Å²) in [5.41, 5.74) is 7.49. The van der Waals surface area contributed by atoms with E-state index in [1.165, 1.54) is 24.5 Å². The highest BCUT2D eigenvalue weighted by atomic mass is 19.3. The summed E-state index contributed by atoms with van der Waals surface area (Å²) in [5.74, 6) is -3.39. The van der Waals surface area contributed by atoms with Crippen LogP contribution in [-0.2, 0) is 10.7 Å². The second-order valence-corrected chi connectivity index (χ2v) is 10.2. The van der Waals surface area contributed by atoms with Gasteiger partial charge in [0.2, 0.25) is 5.95 Å². The van der Waals surface area contributed by atoms with Crippen molar-refractivity contribution in [3.8, 4) is 0 Å². The van der Waals surface area contributed by atoms with Gasteiger partial charge in [-0.05, 0) is 62.7 Å². The van der Waals surface area contributed by atoms with Gasteiger partial charge in [-0.1, -0.05) is 12.1 Å². The van der Waals surface area contributed by atoms with E-state index < -0.39 is 11.6 Å². The Hall–Kier alpha value is -3.83. The van der Waals surface area contributed by atoms with E-state index in [0.717, 1.165) is 51.1 Å². The maximum atomic E-state index is 16.0. The number of rotatable bonds is 6. The number of alkyl halides is 2. The molecule has 2 aromatic carbocycles. The topological polar surface area (TPSA) is 97.4 Å². The van der Waals surface area contributed by atoms with E-state index in [1.807, 2.05) is 24.3 Å². The van der Waals surface area contributed by atoms with Crippen molar-refractivity contribution >= 4 is 34.2 Å². The molecule has 1 unspecified atom stereocenters. The van der Waals surface area contributed by atoms with E-state index in [4.69, 9.17) is 10.5 Å². The van der Waals surface area contributed by atoms with E-state index in [0.29, 0.717) is 17.9 Å². The third-order valence-electron chi connectivity index (χ3n) is 7.43. The molecule has 0 bridgehead atoms. The number of likely N-dealkylation sites (N-methyl/N-ethyl adjacent to an activating group) is 1. The SMILES string of the molecule is CN1CCN(c2ccc(Nc3nc(C(F)(F)c4cccc(N)c4)c4ncn(C5CCCCO5)c4n3)cc2)CC1. The Labute approximate surface area is 225 Å². The molecule has 0 saturated carbocycles. The number of nitrogens with one attached hydrogen (secondary N) is 1. The van der Waals surface area contributed by atoms with Gasteiger partial charge in [0, 0.05) is 55.4 Å². The second kappa shape index (κ2) is 10.4. The van der Waals surface area contributed by atoms with Crippen molar-refractivity contribution in [1.82, 2.24) is 24.4 Å². The fraction of sp³-hybridized carbons (Fsp3) is 0.393. The zero-order valence-electron chi connectivity index (χ0n) is 21.9. The quantitative estimate of drug-likeness (QED) is 0.343. The Morgan fingerprint density at radius 3 is 2.54 bits per heavy atom. The summed E-state index contributed by atoms with van der Waals surface area (Å²) < 4.78 is 39.6. The first-order valence-electron chi connectivity index (χ1n) is 13.3. The Kier molecular flexibility index (Phi) is 6.78. The number of nitrogens with zero attached hydrogens (tertiary/aromatic N) is 6. The molecule has 0 amide bonds. The number of fused-ring (bicyclic) bond motifs is 1. The summed E-state index contributed by atoms with van der Waals surface area (Å²) in [6.07, 6.45) is 3.90. The lowest BCUT2D eigenvalue weighted by Gasteiger charge is -2.34. The maximum absolute atomic E-state index is 16.0. The zero-order valence-corrected chi connectivity index (χ0v) is 21.9. The van der Waals surface area contributed by atoms with Crippen LogP contribution in [0.4, 0.5) is 31.8 Å². The molecule has 3 N–H and O–H groups in total. The van der Waals surface area contributed by atoms with Crippen LogP contribution in [-0.4, -0.2) is 64.3 Å². The van der Waals surface area contributed by atoms with Crippen molar-refractivity contribution in [2.45, 2.75) is 31.4 Å². The number of nitrogens with two attached hydrogens (primary N) is 1. The minimum Gasteiger partial charge on any atom is -0.399 e. The lowest BCUT2D eigenvalue weighted by atomic mass is 10.0. The average molecular weight is 535 g/mol. The molecule has 2 aromatic heterocycles. The van der Waals surface area contributed by atoms with Crippen LogP contribution in [0.1, 0.15) is 36.7 Å². The van der Waals surface area contributed by atoms with Gasteiger partial charge in [0.25, 0.3) is 0 Å². The van der Waals surface area contributed by atoms with Gasteiger partial charge >= 0.3 is 5.92 Å². The molecule has 0 aliphatic carbocycles. The van der Waals surface area contributed by atoms with Gasteiger partial charge in [-0.15, -0.1) is 0 Å². The predicted molar refractivity (Wildman–Crippen MR) is 147 cm³/mol. The zero-order chi connectivity index (χ0) is 27.0. The molecule has 39 heavy (non-hydrogen) atoms. The second-order valence-electron chi connectivity index (χ2n) is 10.2. The van der Waals surface area contributed by atoms with Crippen LogP contribution >= 0.6 is 0 Å². The smallest absolute Gasteiger partial charge is 0.317 e. The number of anilines is 4. The third-order valence-corrected chi connectivity index (χ3v) is 7.43. The number of aromatic nitrogens is 4. The number of benzene rings is 2. The molecule has 6 rings (SSSR count). The minimum atomic E-state index is -3.45. The van der Waals surface area contributed by atoms with Crippen molar-refractivity contribution < 1.29 is 13.5 Å². The monoisotopic (exact) mass is 534 g/mol. The highest BCUT2D eigenvalue weighted by Gasteiger charge is 2.40. The average Bonchev–Trinajstić information content (AvgIpc) is 3.38. The van der Waals surface area contributed by atoms with Crippen molar-refractivity contribution in [1.29, 1.82) is 0 Å². The Morgan fingerprint density at radius 1 is 1.03 bits per heavy atom. The summed E-state index contributed by atoms with van der Waals surface area (Å²) in [5, 5.41) is 3.14. The van der Waals surface area contributed by atoms with Crippen molar-refractivity contribution in [2.75, 3.05) is 55.8 Å². The number of ether oxygens (including phenoxy) is 1. The van der Waals surface area contributed by atoms with Crippen LogP contribution in [0.15, 0.2) is 54.9 Å². The Morgan fingerprint density at radius 2 is 1.82 bits per heavy atom. The number of nitrogen functional groups attached to an aromatic ring is 1. The standard InChI is InChI=1S/C28H32F2N8O/c1-36-12-14-37(15-13-36)22-10-8-21(9-11-22)33-27-34-25(28(29,30)19-5-4-6-20(31)17-19)24-26(35-27)38(18-32-24)23-7-2-3-16-39-23/h4-6,8-11,17-18,23H,2-3,7,12-16,31H2,1H3,(H,33,34,35). The number of hydrogen-bond acceptors (Lipinski definition) is 8. The third kappa shape index (κ3) is 5.11. The molecule has 0 spiro atoms. The molecule has 2 saturated heterocycles. The van der Waals surface area contributed by atoms with Crippen LogP contribution in [0.5, 0.6) is 0 Å². The first kappa shape index (κ1) is 25.4. The number of imidazole rings is 1. The van der Waals surface area contributed by atoms with E-state index in [2.05, 4.69) is 37.1 Å². The predicted octanol–water partition coefficient (Wildman–Crippen LogP) is 4.74. The molecule has 1 atom stereocenters. The number of piperazine rings is 1. The van der Waals surface area contributed by atoms with Gasteiger partial charge in [0.1, 0.15) is 17.4 Å². The largest absolute Gasteiger partial charge is 0.399 e. The van der Waals surface area contributed by atoms with Crippen molar-refractivity contribution in [3.05, 3.63) is 66.1 Å². The highest BCUT2D eigenvalue weighted by Crippen LogP contribution is 2.39. The fourth-order valence-corrected chi connectivity index (χ4v) is 5.17. The summed E-state index contributed by atoms with van der Waals surface area (Å²) >= 11 is 0. The number of hydrogen-bond donors (Lipinski definition) is 2. The normalized spacial score (nSPS) is 18.9. The Balaban J connectivity index is 1.37. The molecule has 4 aromatic rings. The molecule has 2 aliphatic heterocycles. The van der Waals surface area contributed by atoms with Crippen LogP contribution < -0.4 is 16.0 Å². The number of halogens is 2. The van der Waals surface area contributed by atoms with E-state index in [-0.39, 0.29) is 28.9 Å². The summed E-state index contributed by atoms with van der Waals surface area (Å²) in [6, 6.07) is 13.6. The first-order chi connectivity index (χ1) is 18.9. The molecule has 2 fully saturated rings. The van der Waals surface area contributed by atoms with Gasteiger partial charge in [-0.2, -0.15) is 13.8 Å². The van der Waals surface area contributed by atoms with Crippen LogP contribution in [0, 0.1) is 0 Å². The molecule has 204 valence electrons. The van der Waals surface area contributed by atoms with Crippen molar-refractivity contribution in [2.24, 2.45) is 0 Å². The summed E-state index contributed by atoms with van der Waals surface area (Å²) in [4.78, 5) is 17.9. The Bertz CT molecular complexity index is 1440. The van der Waals surface area contributed by atoms with Gasteiger partial charge in [0.15, 0.2) is 5.65 Å². The lowest BCUT2D eigenvalue weighted by molar-refractivity contribution is -0.0298. The minimum absolute atomic E-state index is 0.0348. The molecule has 9 nitrogen and oxygen atoms in total. The summed E-state index contributed by atoms with van der Waals surface area (Å²) in [7, 11) is 2.12. The van der Waals surface area contributed by atoms with Crippen LogP contribution in [0.3, 0.4) is 0 Å². The summed E-state index contributed by atoms with van der Waals surface area (Å²) in [6.45, 7) is 4.54. The van der Waals surface area contributed by atoms with Gasteiger partial charge in [-0.25, -0.2) is 9.97 Å². The molecular formula is C28H32F2N8O. The highest BCUT2D eigenvalue weighted by molar-refractivity contribution is 5.77. The molecule has 4 heterocycles. The lowest BCUT2D eigenvalue weighted by Crippen LogP contribution is -2.44. The van der Waals surface area contributed by atoms with Crippen LogP contribution in [0.25, 0.3) is 11.2 Å². The van der Waals surface area contributed by atoms with E-state index in [1.54, 1.807) is 10.6 Å². The van der Waals surface area contributed by atoms with Crippen LogP contribution in [0.2, 0.25) is 0 Å². The van der Waals surface area contributed by atoms with E-state index in [9.17, 15) is 0 Å². The molecule has 2 aliphatic rings. The first-order valence-corrected chi connectivity index (χ1v) is 13.3. The van der Waals surface area contributed by atoms with E-state index >= 15 is 8.78 Å². The van der Waals surface area contributed by atoms with Crippen molar-refractivity contribution in [3.63, 3.8) is 0 Å². The maximum Gasteiger partial charge on any atom is 0.317 e. The fourth-order valence-electron chi connectivity index (χ4n) is 5.17. The van der Waals surface area contributed by atoms with Gasteiger partial charge < -0.3 is 25.6 Å². The molecule has 0 radical (unpaired) electrons. The molecular weight excluding hydrogens is 502 g/mol. The molecule has 11 heteroatoms. The van der Waals surface area contributed by atoms with Gasteiger partial charge in [-0.3, -0.25) is 4.57 Å².